The Balaban J connectivity index is 1.60. The number of hydrogen-bond acceptors (Lipinski definition) is 4. The minimum Gasteiger partial charge on any atom is -0.508 e. The molecule has 0 bridgehead atoms. The van der Waals surface area contributed by atoms with Gasteiger partial charge in [0.15, 0.2) is 5.82 Å². The highest BCUT2D eigenvalue weighted by molar-refractivity contribution is 5.82. The second kappa shape index (κ2) is 8.43. The van der Waals surface area contributed by atoms with Crippen LogP contribution in [0.2, 0.25) is 0 Å². The highest BCUT2D eigenvalue weighted by atomic mass is 19.1. The first-order valence-electron chi connectivity index (χ1n) is 11.0. The first-order valence-corrected chi connectivity index (χ1v) is 11.0. The highest BCUT2D eigenvalue weighted by Crippen LogP contribution is 2.39. The molecule has 2 heterocycles. The van der Waals surface area contributed by atoms with Gasteiger partial charge in [0.2, 0.25) is 0 Å². The number of aryl methyl sites for hydroxylation is 1. The predicted octanol–water partition coefficient (Wildman–Crippen LogP) is 4.75. The lowest BCUT2D eigenvalue weighted by atomic mass is 9.91. The molecule has 0 fully saturated rings. The highest BCUT2D eigenvalue weighted by Gasteiger charge is 2.22. The molecule has 0 saturated carbocycles. The van der Waals surface area contributed by atoms with Crippen molar-refractivity contribution in [2.75, 3.05) is 0 Å². The number of benzene rings is 3. The summed E-state index contributed by atoms with van der Waals surface area (Å²) in [5.41, 5.74) is 1.45. The average Bonchev–Trinajstić information content (AvgIpc) is 3.38. The number of aromatic amines is 1. The Labute approximate surface area is 198 Å². The first kappa shape index (κ1) is 22.4. The third-order valence-electron chi connectivity index (χ3n) is 6.29. The molecular weight excluding hydrogens is 454 g/mol. The molecule has 0 amide bonds. The van der Waals surface area contributed by atoms with Crippen molar-refractivity contribution >= 4 is 10.9 Å². The number of hydrogen-bond donors (Lipinski definition) is 3. The van der Waals surface area contributed by atoms with E-state index in [0.29, 0.717) is 11.3 Å². The van der Waals surface area contributed by atoms with Crippen LogP contribution in [0.5, 0.6) is 11.5 Å². The minimum atomic E-state index is -0.673. The van der Waals surface area contributed by atoms with Crippen molar-refractivity contribution in [3.8, 4) is 28.6 Å². The molecule has 3 aromatic carbocycles. The van der Waals surface area contributed by atoms with E-state index >= 15 is 0 Å². The molecule has 0 unspecified atom stereocenters. The Bertz CT molecular complexity index is 1610. The summed E-state index contributed by atoms with van der Waals surface area (Å²) in [5, 5.41) is 28.6. The molecule has 0 radical (unpaired) electrons. The maximum atomic E-state index is 14.2. The fraction of sp³-hybridized carbons (Fsp3) is 0.154. The Morgan fingerprint density at radius 1 is 1.03 bits per heavy atom. The number of nitrogens with one attached hydrogen (secondary N) is 1. The molecule has 178 valence electrons. The van der Waals surface area contributed by atoms with Crippen LogP contribution in [0.15, 0.2) is 65.6 Å². The molecule has 0 aliphatic heterocycles. The zero-order valence-corrected chi connectivity index (χ0v) is 19.0. The SMILES string of the molecule is C[C@H](Cc1c(F)cccc1F)c1cc(-c2n[nH]c(=O)n2-c2ccc3c(ccn3C)c2)c(O)cc1O. The van der Waals surface area contributed by atoms with Gasteiger partial charge in [-0.05, 0) is 60.4 Å². The zero-order chi connectivity index (χ0) is 24.9. The molecule has 0 aliphatic carbocycles. The van der Waals surface area contributed by atoms with Crippen LogP contribution in [-0.4, -0.2) is 29.5 Å². The lowest BCUT2D eigenvalue weighted by Crippen LogP contribution is -2.15. The van der Waals surface area contributed by atoms with Gasteiger partial charge in [0.25, 0.3) is 0 Å². The van der Waals surface area contributed by atoms with E-state index in [1.165, 1.54) is 28.8 Å². The zero-order valence-electron chi connectivity index (χ0n) is 19.0. The van der Waals surface area contributed by atoms with Crippen LogP contribution in [0.3, 0.4) is 0 Å². The van der Waals surface area contributed by atoms with Crippen molar-refractivity contribution in [1.82, 2.24) is 19.3 Å². The van der Waals surface area contributed by atoms with E-state index in [2.05, 4.69) is 10.2 Å². The van der Waals surface area contributed by atoms with Gasteiger partial charge >= 0.3 is 5.69 Å². The number of halogens is 2. The predicted molar refractivity (Wildman–Crippen MR) is 128 cm³/mol. The van der Waals surface area contributed by atoms with E-state index in [4.69, 9.17) is 0 Å². The van der Waals surface area contributed by atoms with Crippen molar-refractivity contribution in [1.29, 1.82) is 0 Å². The van der Waals surface area contributed by atoms with E-state index in [1.54, 1.807) is 13.0 Å². The molecule has 5 rings (SSSR count). The Morgan fingerprint density at radius 3 is 2.51 bits per heavy atom. The van der Waals surface area contributed by atoms with Gasteiger partial charge in [-0.3, -0.25) is 0 Å². The maximum Gasteiger partial charge on any atom is 0.348 e. The molecule has 9 heteroatoms. The summed E-state index contributed by atoms with van der Waals surface area (Å²) < 4.78 is 31.7. The van der Waals surface area contributed by atoms with Crippen molar-refractivity contribution in [2.45, 2.75) is 19.3 Å². The standard InChI is InChI=1S/C26H22F2N4O3/c1-14(10-18-20(27)4-3-5-21(18)28)17-12-19(24(34)13-23(17)33)25-29-30-26(35)32(25)16-6-7-22-15(11-16)8-9-31(22)2/h3-9,11-14,33-34H,10H2,1-2H3,(H,30,35)/t14-/m1/s1. The van der Waals surface area contributed by atoms with Crippen LogP contribution in [0, 0.1) is 11.6 Å². The second-order valence-corrected chi connectivity index (χ2v) is 8.59. The minimum absolute atomic E-state index is 0.0195. The van der Waals surface area contributed by atoms with E-state index in [1.807, 2.05) is 36.0 Å². The maximum absolute atomic E-state index is 14.2. The first-order chi connectivity index (χ1) is 16.7. The molecule has 5 aromatic rings. The Hall–Kier alpha value is -4.40. The molecule has 7 nitrogen and oxygen atoms in total. The van der Waals surface area contributed by atoms with Crippen LogP contribution in [0.25, 0.3) is 28.0 Å². The van der Waals surface area contributed by atoms with Gasteiger partial charge in [-0.15, -0.1) is 0 Å². The summed E-state index contributed by atoms with van der Waals surface area (Å²) in [6.45, 7) is 1.71. The molecule has 3 N–H and O–H groups in total. The average molecular weight is 476 g/mol. The normalized spacial score (nSPS) is 12.3. The summed E-state index contributed by atoms with van der Waals surface area (Å²) in [6, 6.07) is 13.7. The van der Waals surface area contributed by atoms with Crippen LogP contribution in [-0.2, 0) is 13.5 Å². The van der Waals surface area contributed by atoms with Crippen LogP contribution in [0.4, 0.5) is 8.78 Å². The fourth-order valence-corrected chi connectivity index (χ4v) is 4.44. The summed E-state index contributed by atoms with van der Waals surface area (Å²) in [4.78, 5) is 12.7. The quantitative estimate of drug-likeness (QED) is 0.341. The molecule has 0 saturated heterocycles. The molecule has 0 aliphatic rings. The number of rotatable bonds is 5. The summed E-state index contributed by atoms with van der Waals surface area (Å²) >= 11 is 0. The van der Waals surface area contributed by atoms with Crippen LogP contribution < -0.4 is 5.69 Å². The topological polar surface area (TPSA) is 96.1 Å². The number of aromatic hydroxyl groups is 2. The Morgan fingerprint density at radius 2 is 1.77 bits per heavy atom. The summed E-state index contributed by atoms with van der Waals surface area (Å²) in [7, 11) is 1.92. The lowest BCUT2D eigenvalue weighted by Gasteiger charge is -2.17. The number of fused-ring (bicyclic) bond motifs is 1. The molecule has 35 heavy (non-hydrogen) atoms. The van der Waals surface area contributed by atoms with E-state index in [9.17, 15) is 23.8 Å². The molecule has 0 spiro atoms. The van der Waals surface area contributed by atoms with Crippen molar-refractivity contribution in [2.24, 2.45) is 7.05 Å². The van der Waals surface area contributed by atoms with E-state index in [0.717, 1.165) is 17.0 Å². The lowest BCUT2D eigenvalue weighted by molar-refractivity contribution is 0.442. The van der Waals surface area contributed by atoms with Gasteiger partial charge in [0.1, 0.15) is 23.1 Å². The van der Waals surface area contributed by atoms with E-state index < -0.39 is 23.2 Å². The van der Waals surface area contributed by atoms with Crippen molar-refractivity contribution < 1.29 is 19.0 Å². The Kier molecular flexibility index (Phi) is 5.39. The van der Waals surface area contributed by atoms with Gasteiger partial charge in [0.05, 0.1) is 11.3 Å². The number of phenols is 2. The second-order valence-electron chi connectivity index (χ2n) is 8.59. The molecule has 1 atom stereocenters. The monoisotopic (exact) mass is 476 g/mol. The molecular formula is C26H22F2N4O3. The number of phenolic OH excluding ortho intramolecular Hbond substituents is 2. The fourth-order valence-electron chi connectivity index (χ4n) is 4.44. The number of nitrogens with zero attached hydrogens (tertiary/aromatic N) is 3. The number of H-pyrrole nitrogens is 1. The van der Waals surface area contributed by atoms with Crippen LogP contribution >= 0.6 is 0 Å². The number of aromatic nitrogens is 4. The third kappa shape index (κ3) is 3.84. The summed E-state index contributed by atoms with van der Waals surface area (Å²) in [6.07, 6.45) is 1.89. The third-order valence-corrected chi connectivity index (χ3v) is 6.29. The van der Waals surface area contributed by atoms with Gasteiger partial charge in [-0.2, -0.15) is 5.10 Å². The largest absolute Gasteiger partial charge is 0.508 e. The molecule has 2 aromatic heterocycles. The van der Waals surface area contributed by atoms with Gasteiger partial charge in [-0.25, -0.2) is 23.2 Å². The van der Waals surface area contributed by atoms with E-state index in [-0.39, 0.29) is 34.9 Å². The van der Waals surface area contributed by atoms with Crippen molar-refractivity contribution in [3.63, 3.8) is 0 Å². The van der Waals surface area contributed by atoms with Gasteiger partial charge < -0.3 is 14.8 Å². The van der Waals surface area contributed by atoms with Crippen LogP contribution in [0.1, 0.15) is 24.0 Å². The summed E-state index contributed by atoms with van der Waals surface area (Å²) in [5.74, 6) is -2.25. The smallest absolute Gasteiger partial charge is 0.348 e. The van der Waals surface area contributed by atoms with Crippen molar-refractivity contribution in [3.05, 3.63) is 94.0 Å². The van der Waals surface area contributed by atoms with Gasteiger partial charge in [0, 0.05) is 35.8 Å². The van der Waals surface area contributed by atoms with Gasteiger partial charge in [-0.1, -0.05) is 13.0 Å².